The molecule has 2 aromatic carbocycles. The number of ether oxygens (including phenoxy) is 1. The van der Waals surface area contributed by atoms with Crippen LogP contribution in [-0.2, 0) is 13.0 Å². The highest BCUT2D eigenvalue weighted by atomic mass is 79.9. The van der Waals surface area contributed by atoms with Gasteiger partial charge in [-0.05, 0) is 71.2 Å². The number of rotatable bonds is 10. The Labute approximate surface area is 206 Å². The van der Waals surface area contributed by atoms with Crippen LogP contribution in [0.3, 0.4) is 0 Å². The van der Waals surface area contributed by atoms with Gasteiger partial charge in [0, 0.05) is 30.6 Å². The summed E-state index contributed by atoms with van der Waals surface area (Å²) in [6.45, 7) is 3.35. The van der Waals surface area contributed by atoms with Crippen molar-refractivity contribution in [1.82, 2.24) is 35.1 Å². The molecular formula is C24H26BrN7O2. The molecule has 0 atom stereocenters. The molecule has 0 bridgehead atoms. The van der Waals surface area contributed by atoms with E-state index in [0.717, 1.165) is 48.0 Å². The van der Waals surface area contributed by atoms with Crippen molar-refractivity contribution in [2.45, 2.75) is 32.7 Å². The summed E-state index contributed by atoms with van der Waals surface area (Å²) in [6.07, 6.45) is 4.27. The summed E-state index contributed by atoms with van der Waals surface area (Å²) in [5.74, 6) is 2.11. The smallest absolute Gasteiger partial charge is 0.251 e. The maximum absolute atomic E-state index is 12.7. The largest absolute Gasteiger partial charge is 0.497 e. The summed E-state index contributed by atoms with van der Waals surface area (Å²) >= 11 is 3.28. The topological polar surface area (TPSA) is 99.8 Å². The number of benzene rings is 2. The minimum Gasteiger partial charge on any atom is -0.497 e. The Bertz CT molecular complexity index is 1250. The summed E-state index contributed by atoms with van der Waals surface area (Å²) in [6, 6.07) is 15.1. The van der Waals surface area contributed by atoms with Crippen molar-refractivity contribution in [2.24, 2.45) is 0 Å². The predicted octanol–water partition coefficient (Wildman–Crippen LogP) is 4.07. The van der Waals surface area contributed by atoms with E-state index in [1.54, 1.807) is 22.5 Å². The van der Waals surface area contributed by atoms with Gasteiger partial charge >= 0.3 is 0 Å². The average molecular weight is 524 g/mol. The number of aryl methyl sites for hydroxylation is 2. The number of hydrogen-bond donors (Lipinski definition) is 1. The van der Waals surface area contributed by atoms with Crippen molar-refractivity contribution in [3.05, 3.63) is 70.7 Å². The molecule has 0 saturated heterocycles. The first-order chi connectivity index (χ1) is 16.6. The van der Waals surface area contributed by atoms with Crippen LogP contribution < -0.4 is 10.1 Å². The zero-order chi connectivity index (χ0) is 23.9. The number of amides is 1. The lowest BCUT2D eigenvalue weighted by molar-refractivity contribution is 0.0953. The fraction of sp³-hybridized carbons (Fsp3) is 0.292. The molecule has 34 heavy (non-hydrogen) atoms. The van der Waals surface area contributed by atoms with Gasteiger partial charge in [-0.15, -0.1) is 5.10 Å². The highest BCUT2D eigenvalue weighted by Gasteiger charge is 2.15. The summed E-state index contributed by atoms with van der Waals surface area (Å²) in [5.41, 5.74) is 2.27. The highest BCUT2D eigenvalue weighted by molar-refractivity contribution is 9.10. The number of carbonyl (C=O) groups excluding carboxylic acids is 1. The second-order valence-electron chi connectivity index (χ2n) is 7.66. The van der Waals surface area contributed by atoms with Crippen molar-refractivity contribution in [3.63, 3.8) is 0 Å². The molecule has 0 saturated carbocycles. The Kier molecular flexibility index (Phi) is 7.69. The van der Waals surface area contributed by atoms with Gasteiger partial charge in [-0.2, -0.15) is 5.10 Å². The quantitative estimate of drug-likeness (QED) is 0.314. The number of halogens is 1. The molecule has 0 spiro atoms. The molecular weight excluding hydrogens is 498 g/mol. The molecule has 4 rings (SSSR count). The van der Waals surface area contributed by atoms with Crippen LogP contribution in [0, 0.1) is 0 Å². The van der Waals surface area contributed by atoms with Gasteiger partial charge in [0.05, 0.1) is 19.0 Å². The summed E-state index contributed by atoms with van der Waals surface area (Å²) in [4.78, 5) is 17.4. The van der Waals surface area contributed by atoms with Crippen molar-refractivity contribution in [2.75, 3.05) is 13.7 Å². The third kappa shape index (κ3) is 5.69. The van der Waals surface area contributed by atoms with Crippen LogP contribution in [0.4, 0.5) is 0 Å². The van der Waals surface area contributed by atoms with E-state index in [4.69, 9.17) is 9.72 Å². The van der Waals surface area contributed by atoms with Crippen molar-refractivity contribution >= 4 is 21.8 Å². The van der Waals surface area contributed by atoms with Crippen LogP contribution in [0.15, 0.2) is 59.3 Å². The Balaban J connectivity index is 1.44. The summed E-state index contributed by atoms with van der Waals surface area (Å²) in [7, 11) is 1.64. The minimum absolute atomic E-state index is 0.118. The third-order valence-electron chi connectivity index (χ3n) is 5.28. The summed E-state index contributed by atoms with van der Waals surface area (Å²) < 4.78 is 9.54. The SMILES string of the molecule is CCc1nc(-c2ccc(OC)cc2)n(-c2cccc(C(=O)NCCCCn3cc(Br)nn3)c2)n1. The zero-order valence-electron chi connectivity index (χ0n) is 19.1. The van der Waals surface area contributed by atoms with E-state index in [1.807, 2.05) is 55.6 Å². The second kappa shape index (κ2) is 11.1. The molecule has 9 nitrogen and oxygen atoms in total. The van der Waals surface area contributed by atoms with Crippen LogP contribution in [-0.4, -0.2) is 49.3 Å². The number of nitrogens with zero attached hydrogens (tertiary/aromatic N) is 6. The molecule has 1 N–H and O–H groups in total. The van der Waals surface area contributed by atoms with Crippen LogP contribution in [0.2, 0.25) is 0 Å². The molecule has 1 amide bonds. The van der Waals surface area contributed by atoms with E-state index in [0.29, 0.717) is 23.1 Å². The maximum Gasteiger partial charge on any atom is 0.251 e. The van der Waals surface area contributed by atoms with Gasteiger partial charge in [0.15, 0.2) is 11.6 Å². The number of hydrogen-bond acceptors (Lipinski definition) is 6. The van der Waals surface area contributed by atoms with Crippen molar-refractivity contribution < 1.29 is 9.53 Å². The maximum atomic E-state index is 12.7. The van der Waals surface area contributed by atoms with Gasteiger partial charge in [-0.25, -0.2) is 9.67 Å². The molecule has 0 unspecified atom stereocenters. The number of methoxy groups -OCH3 is 1. The lowest BCUT2D eigenvalue weighted by atomic mass is 10.1. The molecule has 0 aliphatic carbocycles. The molecule has 10 heteroatoms. The van der Waals surface area contributed by atoms with Gasteiger partial charge in [-0.1, -0.05) is 18.2 Å². The first-order valence-corrected chi connectivity index (χ1v) is 11.9. The van der Waals surface area contributed by atoms with E-state index >= 15 is 0 Å². The van der Waals surface area contributed by atoms with Gasteiger partial charge in [-0.3, -0.25) is 9.48 Å². The van der Waals surface area contributed by atoms with E-state index < -0.39 is 0 Å². The number of carbonyl (C=O) groups is 1. The molecule has 4 aromatic rings. The molecule has 0 fully saturated rings. The van der Waals surface area contributed by atoms with Gasteiger partial charge in [0.2, 0.25) is 0 Å². The van der Waals surface area contributed by atoms with Gasteiger partial charge in [0.25, 0.3) is 5.91 Å². The Morgan fingerprint density at radius 3 is 2.68 bits per heavy atom. The zero-order valence-corrected chi connectivity index (χ0v) is 20.7. The predicted molar refractivity (Wildman–Crippen MR) is 132 cm³/mol. The lowest BCUT2D eigenvalue weighted by Gasteiger charge is -2.09. The van der Waals surface area contributed by atoms with Crippen molar-refractivity contribution in [1.29, 1.82) is 0 Å². The first-order valence-electron chi connectivity index (χ1n) is 11.1. The Morgan fingerprint density at radius 2 is 1.97 bits per heavy atom. The monoisotopic (exact) mass is 523 g/mol. The Hall–Kier alpha value is -3.53. The van der Waals surface area contributed by atoms with Crippen molar-refractivity contribution in [3.8, 4) is 22.8 Å². The molecule has 0 aliphatic heterocycles. The third-order valence-corrected chi connectivity index (χ3v) is 5.64. The van der Waals surface area contributed by atoms with Crippen LogP contribution in [0.1, 0.15) is 35.9 Å². The molecule has 0 radical (unpaired) electrons. The normalized spacial score (nSPS) is 10.9. The van der Waals surface area contributed by atoms with Crippen LogP contribution in [0.25, 0.3) is 17.1 Å². The van der Waals surface area contributed by atoms with E-state index in [-0.39, 0.29) is 5.91 Å². The number of unbranched alkanes of at least 4 members (excludes halogenated alkanes) is 1. The standard InChI is InChI=1S/C24H26BrN7O2/c1-3-22-27-23(17-9-11-20(34-2)12-10-17)32(29-22)19-8-6-7-18(15-19)24(33)26-13-4-5-14-31-16-21(25)28-30-31/h6-12,15-16H,3-5,13-14H2,1-2H3,(H,26,33). The first kappa shape index (κ1) is 23.6. The molecule has 0 aliphatic rings. The van der Waals surface area contributed by atoms with E-state index in [2.05, 4.69) is 36.7 Å². The van der Waals surface area contributed by atoms with Crippen LogP contribution in [0.5, 0.6) is 5.75 Å². The van der Waals surface area contributed by atoms with E-state index in [9.17, 15) is 4.79 Å². The highest BCUT2D eigenvalue weighted by Crippen LogP contribution is 2.24. The molecule has 2 heterocycles. The summed E-state index contributed by atoms with van der Waals surface area (Å²) in [5, 5.41) is 15.5. The van der Waals surface area contributed by atoms with Gasteiger partial charge < -0.3 is 10.1 Å². The van der Waals surface area contributed by atoms with E-state index in [1.165, 1.54) is 0 Å². The molecule has 2 aromatic heterocycles. The van der Waals surface area contributed by atoms with Crippen LogP contribution >= 0.6 is 15.9 Å². The minimum atomic E-state index is -0.118. The second-order valence-corrected chi connectivity index (χ2v) is 8.48. The fourth-order valence-corrected chi connectivity index (χ4v) is 3.78. The number of aromatic nitrogens is 6. The fourth-order valence-electron chi connectivity index (χ4n) is 3.48. The lowest BCUT2D eigenvalue weighted by Crippen LogP contribution is -2.24. The Morgan fingerprint density at radius 1 is 1.15 bits per heavy atom. The molecule has 176 valence electrons. The number of nitrogens with one attached hydrogen (secondary N) is 1. The van der Waals surface area contributed by atoms with Gasteiger partial charge in [0.1, 0.15) is 10.4 Å². The average Bonchev–Trinajstić information content (AvgIpc) is 3.50.